The maximum atomic E-state index is 13.8. The molecule has 1 aromatic carbocycles. The van der Waals surface area contributed by atoms with E-state index in [9.17, 15) is 18.4 Å². The van der Waals surface area contributed by atoms with Crippen molar-refractivity contribution in [3.05, 3.63) is 35.4 Å². The van der Waals surface area contributed by atoms with Crippen molar-refractivity contribution >= 4 is 11.8 Å². The van der Waals surface area contributed by atoms with Gasteiger partial charge >= 0.3 is 0 Å². The quantitative estimate of drug-likeness (QED) is 0.590. The molecule has 0 saturated carbocycles. The molecule has 1 aliphatic heterocycles. The van der Waals surface area contributed by atoms with Gasteiger partial charge in [0, 0.05) is 32.7 Å². The highest BCUT2D eigenvalue weighted by Gasteiger charge is 2.27. The predicted octanol–water partition coefficient (Wildman–Crippen LogP) is 1.13. The fourth-order valence-electron chi connectivity index (χ4n) is 3.02. The van der Waals surface area contributed by atoms with Crippen molar-refractivity contribution in [2.75, 3.05) is 39.3 Å². The molecule has 0 radical (unpaired) electrons. The number of nitrogens with one attached hydrogen (secondary N) is 3. The highest BCUT2D eigenvalue weighted by molar-refractivity contribution is 5.98. The summed E-state index contributed by atoms with van der Waals surface area (Å²) >= 11 is 0. The van der Waals surface area contributed by atoms with E-state index in [1.54, 1.807) is 13.8 Å². The van der Waals surface area contributed by atoms with Crippen LogP contribution in [0.2, 0.25) is 0 Å². The van der Waals surface area contributed by atoms with Gasteiger partial charge < -0.3 is 20.9 Å². The number of carbonyl (C=O) groups excluding carboxylic acids is 2. The van der Waals surface area contributed by atoms with Gasteiger partial charge in [0.1, 0.15) is 23.2 Å². The number of carbonyl (C=O) groups is 2. The third-order valence-corrected chi connectivity index (χ3v) is 4.59. The number of rotatable bonds is 8. The summed E-state index contributed by atoms with van der Waals surface area (Å²) in [6.45, 7) is 8.84. The third kappa shape index (κ3) is 6.25. The first-order valence-electron chi connectivity index (χ1n) is 9.35. The molecule has 150 valence electrons. The maximum Gasteiger partial charge on any atom is 0.257 e. The van der Waals surface area contributed by atoms with E-state index in [4.69, 9.17) is 0 Å². The van der Waals surface area contributed by atoms with Crippen LogP contribution in [-0.2, 0) is 4.79 Å². The van der Waals surface area contributed by atoms with Crippen LogP contribution >= 0.6 is 0 Å². The summed E-state index contributed by atoms with van der Waals surface area (Å²) < 4.78 is 27.5. The van der Waals surface area contributed by atoms with E-state index in [1.165, 1.54) is 6.07 Å². The second-order valence-electron chi connectivity index (χ2n) is 7.03. The minimum atomic E-state index is -0.952. The molecule has 1 fully saturated rings. The molecule has 27 heavy (non-hydrogen) atoms. The summed E-state index contributed by atoms with van der Waals surface area (Å²) in [6.07, 6.45) is 0.798. The Morgan fingerprint density at radius 1 is 1.19 bits per heavy atom. The number of amides is 2. The first-order valence-corrected chi connectivity index (χ1v) is 9.35. The second kappa shape index (κ2) is 10.3. The molecule has 1 atom stereocenters. The average Bonchev–Trinajstić information content (AvgIpc) is 2.63. The van der Waals surface area contributed by atoms with Gasteiger partial charge in [0.2, 0.25) is 5.91 Å². The minimum absolute atomic E-state index is 0.225. The lowest BCUT2D eigenvalue weighted by Crippen LogP contribution is -2.50. The Balaban J connectivity index is 1.86. The van der Waals surface area contributed by atoms with E-state index in [0.717, 1.165) is 51.3 Å². The SMILES string of the molecule is CC(C)C(NC(=O)c1c(F)cccc1F)C(=O)NCCCN1CCNCC1. The number of halogens is 2. The van der Waals surface area contributed by atoms with Gasteiger partial charge in [-0.05, 0) is 31.0 Å². The predicted molar refractivity (Wildman–Crippen MR) is 99.4 cm³/mol. The summed E-state index contributed by atoms with van der Waals surface area (Å²) in [7, 11) is 0. The number of nitrogens with zero attached hydrogens (tertiary/aromatic N) is 1. The summed E-state index contributed by atoms with van der Waals surface area (Å²) in [5.74, 6) is -3.41. The standard InChI is InChI=1S/C19H28F2N4O2/c1-13(2)17(24-18(26)16-14(20)5-3-6-15(16)21)19(27)23-7-4-10-25-11-8-22-9-12-25/h3,5-6,13,17,22H,4,7-12H2,1-2H3,(H,23,27)(H,24,26). The van der Waals surface area contributed by atoms with Gasteiger partial charge in [-0.25, -0.2) is 8.78 Å². The molecule has 0 spiro atoms. The molecule has 1 aliphatic rings. The van der Waals surface area contributed by atoms with Gasteiger partial charge in [-0.3, -0.25) is 9.59 Å². The fraction of sp³-hybridized carbons (Fsp3) is 0.579. The highest BCUT2D eigenvalue weighted by atomic mass is 19.1. The monoisotopic (exact) mass is 382 g/mol. The first kappa shape index (κ1) is 21.2. The first-order chi connectivity index (χ1) is 12.9. The van der Waals surface area contributed by atoms with E-state index >= 15 is 0 Å². The molecule has 0 aliphatic carbocycles. The number of hydrogen-bond donors (Lipinski definition) is 3. The Morgan fingerprint density at radius 3 is 2.41 bits per heavy atom. The Labute approximate surface area is 158 Å². The number of piperazine rings is 1. The van der Waals surface area contributed by atoms with Crippen LogP contribution in [0.3, 0.4) is 0 Å². The average molecular weight is 382 g/mol. The smallest absolute Gasteiger partial charge is 0.257 e. The van der Waals surface area contributed by atoms with Gasteiger partial charge in [-0.15, -0.1) is 0 Å². The lowest BCUT2D eigenvalue weighted by molar-refractivity contribution is -0.123. The van der Waals surface area contributed by atoms with Crippen molar-refractivity contribution < 1.29 is 18.4 Å². The molecule has 8 heteroatoms. The zero-order chi connectivity index (χ0) is 19.8. The maximum absolute atomic E-state index is 13.8. The summed E-state index contributed by atoms with van der Waals surface area (Å²) in [6, 6.07) is 2.35. The van der Waals surface area contributed by atoms with Gasteiger partial charge in [0.15, 0.2) is 0 Å². The van der Waals surface area contributed by atoms with Gasteiger partial charge in [0.25, 0.3) is 5.91 Å². The Hall–Kier alpha value is -2.06. The highest BCUT2D eigenvalue weighted by Crippen LogP contribution is 2.13. The summed E-state index contributed by atoms with van der Waals surface area (Å²) in [4.78, 5) is 27.0. The minimum Gasteiger partial charge on any atom is -0.354 e. The summed E-state index contributed by atoms with van der Waals surface area (Å²) in [5, 5.41) is 8.55. The van der Waals surface area contributed by atoms with E-state index < -0.39 is 29.1 Å². The van der Waals surface area contributed by atoms with Crippen LogP contribution < -0.4 is 16.0 Å². The van der Waals surface area contributed by atoms with Crippen LogP contribution in [0.5, 0.6) is 0 Å². The molecular weight excluding hydrogens is 354 g/mol. The van der Waals surface area contributed by atoms with Crippen LogP contribution in [0.25, 0.3) is 0 Å². The molecule has 3 N–H and O–H groups in total. The normalized spacial score (nSPS) is 16.2. The summed E-state index contributed by atoms with van der Waals surface area (Å²) in [5.41, 5.74) is -0.672. The molecule has 1 saturated heterocycles. The number of benzene rings is 1. The van der Waals surface area contributed by atoms with Crippen LogP contribution in [0.1, 0.15) is 30.6 Å². The number of hydrogen-bond acceptors (Lipinski definition) is 4. The molecule has 1 unspecified atom stereocenters. The molecule has 6 nitrogen and oxygen atoms in total. The Kier molecular flexibility index (Phi) is 8.12. The second-order valence-corrected chi connectivity index (χ2v) is 7.03. The van der Waals surface area contributed by atoms with Crippen molar-refractivity contribution in [3.63, 3.8) is 0 Å². The van der Waals surface area contributed by atoms with E-state index in [0.29, 0.717) is 6.54 Å². The van der Waals surface area contributed by atoms with Gasteiger partial charge in [-0.2, -0.15) is 0 Å². The molecule has 2 rings (SSSR count). The zero-order valence-electron chi connectivity index (χ0n) is 15.9. The molecule has 2 amide bonds. The lowest BCUT2D eigenvalue weighted by atomic mass is 10.0. The van der Waals surface area contributed by atoms with E-state index in [-0.39, 0.29) is 11.8 Å². The van der Waals surface area contributed by atoms with Crippen LogP contribution in [0, 0.1) is 17.6 Å². The largest absolute Gasteiger partial charge is 0.354 e. The van der Waals surface area contributed by atoms with Crippen LogP contribution in [-0.4, -0.2) is 62.0 Å². The van der Waals surface area contributed by atoms with E-state index in [1.807, 2.05) is 0 Å². The van der Waals surface area contributed by atoms with Crippen molar-refractivity contribution in [2.24, 2.45) is 5.92 Å². The van der Waals surface area contributed by atoms with E-state index in [2.05, 4.69) is 20.9 Å². The van der Waals surface area contributed by atoms with Crippen LogP contribution in [0.4, 0.5) is 8.78 Å². The molecular formula is C19H28F2N4O2. The van der Waals surface area contributed by atoms with Crippen molar-refractivity contribution in [1.29, 1.82) is 0 Å². The van der Waals surface area contributed by atoms with Crippen molar-refractivity contribution in [3.8, 4) is 0 Å². The topological polar surface area (TPSA) is 73.5 Å². The molecule has 0 bridgehead atoms. The molecule has 1 heterocycles. The van der Waals surface area contributed by atoms with Crippen molar-refractivity contribution in [2.45, 2.75) is 26.3 Å². The molecule has 1 aromatic rings. The third-order valence-electron chi connectivity index (χ3n) is 4.59. The zero-order valence-corrected chi connectivity index (χ0v) is 15.9. The fourth-order valence-corrected chi connectivity index (χ4v) is 3.02. The van der Waals surface area contributed by atoms with Gasteiger partial charge in [0.05, 0.1) is 0 Å². The van der Waals surface area contributed by atoms with Crippen molar-refractivity contribution in [1.82, 2.24) is 20.9 Å². The Morgan fingerprint density at radius 2 is 1.81 bits per heavy atom. The lowest BCUT2D eigenvalue weighted by Gasteiger charge is -2.27. The molecule has 0 aromatic heterocycles. The van der Waals surface area contributed by atoms with Gasteiger partial charge in [-0.1, -0.05) is 19.9 Å². The van der Waals surface area contributed by atoms with Crippen LogP contribution in [0.15, 0.2) is 18.2 Å². The Bertz CT molecular complexity index is 628.